The van der Waals surface area contributed by atoms with Crippen molar-refractivity contribution in [2.75, 3.05) is 25.4 Å². The first-order valence-electron chi connectivity index (χ1n) is 7.07. The number of carbonyl (C=O) groups excluding carboxylic acids is 1. The van der Waals surface area contributed by atoms with Crippen molar-refractivity contribution in [2.24, 2.45) is 5.92 Å². The minimum atomic E-state index is 0.115. The molecule has 0 radical (unpaired) electrons. The summed E-state index contributed by atoms with van der Waals surface area (Å²) >= 11 is 0. The summed E-state index contributed by atoms with van der Waals surface area (Å²) in [6, 6.07) is 7.90. The predicted octanol–water partition coefficient (Wildman–Crippen LogP) is 1.02. The summed E-state index contributed by atoms with van der Waals surface area (Å²) in [7, 11) is 0. The summed E-state index contributed by atoms with van der Waals surface area (Å²) in [6.45, 7) is 3.42. The molecule has 0 saturated carbocycles. The smallest absolute Gasteiger partial charge is 0.224 e. The standard InChI is InChI=1S/C15H21N3O/c16-13-3-1-2-11(8-13)9-15(19)17-14-10-18-6-4-12(14)5-7-18/h1-3,8,12,14H,4-7,9-10,16H2,(H,17,19). The third kappa shape index (κ3) is 2.89. The lowest BCUT2D eigenvalue weighted by Gasteiger charge is -2.44. The summed E-state index contributed by atoms with van der Waals surface area (Å²) in [5.74, 6) is 0.791. The van der Waals surface area contributed by atoms with Crippen LogP contribution in [0.5, 0.6) is 0 Å². The molecule has 3 aliphatic rings. The fourth-order valence-electron chi connectivity index (χ4n) is 3.27. The zero-order valence-corrected chi connectivity index (χ0v) is 11.1. The predicted molar refractivity (Wildman–Crippen MR) is 75.7 cm³/mol. The van der Waals surface area contributed by atoms with E-state index in [1.165, 1.54) is 25.9 Å². The molecule has 3 saturated heterocycles. The molecule has 3 fully saturated rings. The van der Waals surface area contributed by atoms with Gasteiger partial charge in [0.2, 0.25) is 5.91 Å². The van der Waals surface area contributed by atoms with Crippen LogP contribution in [-0.4, -0.2) is 36.5 Å². The number of nitrogens with two attached hydrogens (primary N) is 1. The molecule has 4 heteroatoms. The minimum absolute atomic E-state index is 0.115. The van der Waals surface area contributed by atoms with E-state index in [9.17, 15) is 4.79 Å². The summed E-state index contributed by atoms with van der Waals surface area (Å²) in [5.41, 5.74) is 7.43. The molecule has 1 atom stereocenters. The molecular weight excluding hydrogens is 238 g/mol. The fraction of sp³-hybridized carbons (Fsp3) is 0.533. The number of carbonyl (C=O) groups is 1. The summed E-state index contributed by atoms with van der Waals surface area (Å²) in [5, 5.41) is 3.20. The molecule has 19 heavy (non-hydrogen) atoms. The molecule has 1 aromatic carbocycles. The van der Waals surface area contributed by atoms with E-state index in [4.69, 9.17) is 5.73 Å². The van der Waals surface area contributed by atoms with Crippen molar-refractivity contribution in [3.8, 4) is 0 Å². The van der Waals surface area contributed by atoms with Gasteiger partial charge < -0.3 is 16.0 Å². The van der Waals surface area contributed by atoms with Crippen LogP contribution in [0.4, 0.5) is 5.69 Å². The summed E-state index contributed by atoms with van der Waals surface area (Å²) < 4.78 is 0. The van der Waals surface area contributed by atoms with Gasteiger partial charge in [0.1, 0.15) is 0 Å². The van der Waals surface area contributed by atoms with Crippen molar-refractivity contribution >= 4 is 11.6 Å². The SMILES string of the molecule is Nc1cccc(CC(=O)NC2CN3CCC2CC3)c1. The van der Waals surface area contributed by atoms with Gasteiger partial charge in [-0.1, -0.05) is 12.1 Å². The Hall–Kier alpha value is -1.55. The molecule has 1 amide bonds. The number of fused-ring (bicyclic) bond motifs is 3. The number of piperidine rings is 3. The maximum Gasteiger partial charge on any atom is 0.224 e. The number of nitrogens with zero attached hydrogens (tertiary/aromatic N) is 1. The lowest BCUT2D eigenvalue weighted by molar-refractivity contribution is -0.122. The highest BCUT2D eigenvalue weighted by molar-refractivity contribution is 5.79. The van der Waals surface area contributed by atoms with Gasteiger partial charge in [-0.3, -0.25) is 4.79 Å². The number of rotatable bonds is 3. The largest absolute Gasteiger partial charge is 0.399 e. The van der Waals surface area contributed by atoms with Crippen LogP contribution in [-0.2, 0) is 11.2 Å². The van der Waals surface area contributed by atoms with E-state index < -0.39 is 0 Å². The summed E-state index contributed by atoms with van der Waals surface area (Å²) in [6.07, 6.45) is 2.88. The second-order valence-corrected chi connectivity index (χ2v) is 5.73. The Balaban J connectivity index is 1.57. The number of hydrogen-bond acceptors (Lipinski definition) is 3. The van der Waals surface area contributed by atoms with Crippen LogP contribution in [0.25, 0.3) is 0 Å². The normalized spacial score (nSPS) is 29.2. The second-order valence-electron chi connectivity index (χ2n) is 5.73. The van der Waals surface area contributed by atoms with Crippen LogP contribution in [0.15, 0.2) is 24.3 Å². The van der Waals surface area contributed by atoms with Crippen molar-refractivity contribution in [3.63, 3.8) is 0 Å². The average molecular weight is 259 g/mol. The highest BCUT2D eigenvalue weighted by atomic mass is 16.1. The van der Waals surface area contributed by atoms with Crippen LogP contribution in [0.1, 0.15) is 18.4 Å². The van der Waals surface area contributed by atoms with Gasteiger partial charge in [-0.15, -0.1) is 0 Å². The molecule has 3 heterocycles. The molecule has 3 N–H and O–H groups in total. The van der Waals surface area contributed by atoms with E-state index in [0.29, 0.717) is 24.1 Å². The number of benzene rings is 1. The highest BCUT2D eigenvalue weighted by Crippen LogP contribution is 2.27. The molecule has 0 spiro atoms. The van der Waals surface area contributed by atoms with Crippen LogP contribution in [0.2, 0.25) is 0 Å². The lowest BCUT2D eigenvalue weighted by atomic mass is 9.84. The van der Waals surface area contributed by atoms with Crippen LogP contribution in [0, 0.1) is 5.92 Å². The fourth-order valence-corrected chi connectivity index (χ4v) is 3.27. The Bertz CT molecular complexity index is 466. The number of hydrogen-bond donors (Lipinski definition) is 2. The van der Waals surface area contributed by atoms with Crippen molar-refractivity contribution in [1.82, 2.24) is 10.2 Å². The van der Waals surface area contributed by atoms with Gasteiger partial charge in [-0.05, 0) is 49.5 Å². The maximum atomic E-state index is 12.1. The number of amides is 1. The average Bonchev–Trinajstić information content (AvgIpc) is 2.40. The monoisotopic (exact) mass is 259 g/mol. The van der Waals surface area contributed by atoms with Gasteiger partial charge in [0.25, 0.3) is 0 Å². The Morgan fingerprint density at radius 1 is 1.37 bits per heavy atom. The van der Waals surface area contributed by atoms with E-state index >= 15 is 0 Å². The van der Waals surface area contributed by atoms with Crippen LogP contribution >= 0.6 is 0 Å². The van der Waals surface area contributed by atoms with Crippen molar-refractivity contribution in [2.45, 2.75) is 25.3 Å². The molecule has 102 valence electrons. The molecule has 0 aliphatic carbocycles. The number of nitrogens with one attached hydrogen (secondary N) is 1. The van der Waals surface area contributed by atoms with Crippen LogP contribution < -0.4 is 11.1 Å². The first kappa shape index (κ1) is 12.5. The zero-order chi connectivity index (χ0) is 13.2. The van der Waals surface area contributed by atoms with Crippen LogP contribution in [0.3, 0.4) is 0 Å². The Morgan fingerprint density at radius 2 is 2.16 bits per heavy atom. The Labute approximate surface area is 114 Å². The second kappa shape index (κ2) is 5.21. The Kier molecular flexibility index (Phi) is 3.42. The molecule has 4 nitrogen and oxygen atoms in total. The first-order chi connectivity index (χ1) is 9.20. The van der Waals surface area contributed by atoms with Crippen molar-refractivity contribution in [3.05, 3.63) is 29.8 Å². The first-order valence-corrected chi connectivity index (χ1v) is 7.07. The third-order valence-corrected chi connectivity index (χ3v) is 4.32. The van der Waals surface area contributed by atoms with Gasteiger partial charge in [-0.2, -0.15) is 0 Å². The molecule has 2 bridgehead atoms. The van der Waals surface area contributed by atoms with Gasteiger partial charge in [0.05, 0.1) is 6.42 Å². The quantitative estimate of drug-likeness (QED) is 0.797. The van der Waals surface area contributed by atoms with Crippen molar-refractivity contribution in [1.29, 1.82) is 0 Å². The topological polar surface area (TPSA) is 58.4 Å². The third-order valence-electron chi connectivity index (χ3n) is 4.32. The zero-order valence-electron chi connectivity index (χ0n) is 11.1. The summed E-state index contributed by atoms with van der Waals surface area (Å²) in [4.78, 5) is 14.5. The molecule has 0 aromatic heterocycles. The maximum absolute atomic E-state index is 12.1. The molecule has 1 aromatic rings. The van der Waals surface area contributed by atoms with E-state index in [1.807, 2.05) is 24.3 Å². The minimum Gasteiger partial charge on any atom is -0.399 e. The van der Waals surface area contributed by atoms with Gasteiger partial charge >= 0.3 is 0 Å². The lowest BCUT2D eigenvalue weighted by Crippen LogP contribution is -2.57. The van der Waals surface area contributed by atoms with Gasteiger partial charge in [-0.25, -0.2) is 0 Å². The number of anilines is 1. The molecule has 1 unspecified atom stereocenters. The van der Waals surface area contributed by atoms with E-state index in [1.54, 1.807) is 0 Å². The molecule has 3 aliphatic heterocycles. The highest BCUT2D eigenvalue weighted by Gasteiger charge is 2.34. The Morgan fingerprint density at radius 3 is 2.79 bits per heavy atom. The number of nitrogen functional groups attached to an aromatic ring is 1. The van der Waals surface area contributed by atoms with Crippen molar-refractivity contribution < 1.29 is 4.79 Å². The van der Waals surface area contributed by atoms with Gasteiger partial charge in [0.15, 0.2) is 0 Å². The van der Waals surface area contributed by atoms with E-state index in [-0.39, 0.29) is 5.91 Å². The molecular formula is C15H21N3O. The van der Waals surface area contributed by atoms with Gasteiger partial charge in [0, 0.05) is 18.3 Å². The molecule has 4 rings (SSSR count). The van der Waals surface area contributed by atoms with E-state index in [0.717, 1.165) is 12.1 Å². The van der Waals surface area contributed by atoms with E-state index in [2.05, 4.69) is 10.2 Å².